The molecule has 11 heavy (non-hydrogen) atoms. The van der Waals surface area contributed by atoms with Gasteiger partial charge in [0.05, 0.1) is 11.9 Å². The van der Waals surface area contributed by atoms with Crippen molar-refractivity contribution in [2.45, 2.75) is 12.8 Å². The van der Waals surface area contributed by atoms with Crippen molar-refractivity contribution in [1.82, 2.24) is 0 Å². The number of aliphatic carboxylic acids is 2. The van der Waals surface area contributed by atoms with Crippen LogP contribution in [-0.2, 0) is 9.59 Å². The fraction of sp³-hybridized carbons (Fsp3) is 0.600. The van der Waals surface area contributed by atoms with Crippen molar-refractivity contribution in [2.75, 3.05) is 0 Å². The van der Waals surface area contributed by atoms with Gasteiger partial charge >= 0.3 is 59.1 Å². The molecule has 1 aliphatic carbocycles. The molecule has 0 bridgehead atoms. The number of hydrogen-bond donors (Lipinski definition) is 0. The van der Waals surface area contributed by atoms with Crippen LogP contribution in [0, 0.1) is 5.41 Å². The van der Waals surface area contributed by atoms with Gasteiger partial charge in [-0.05, 0) is 12.8 Å². The molecule has 1 rings (SSSR count). The summed E-state index contributed by atoms with van der Waals surface area (Å²) < 4.78 is 0. The molecule has 0 aromatic carbocycles. The van der Waals surface area contributed by atoms with Gasteiger partial charge in [-0.3, -0.25) is 0 Å². The van der Waals surface area contributed by atoms with Crippen molar-refractivity contribution in [3.05, 3.63) is 0 Å². The second kappa shape index (κ2) is 4.84. The summed E-state index contributed by atoms with van der Waals surface area (Å²) in [5.41, 5.74) is -1.64. The molecule has 0 saturated heterocycles. The molecule has 0 atom stereocenters. The zero-order valence-corrected chi connectivity index (χ0v) is 10.5. The molecule has 4 nitrogen and oxygen atoms in total. The van der Waals surface area contributed by atoms with Crippen LogP contribution in [0.25, 0.3) is 0 Å². The number of carbonyl (C=O) groups excluding carboxylic acids is 2. The van der Waals surface area contributed by atoms with Gasteiger partial charge in [-0.25, -0.2) is 0 Å². The SMILES string of the molecule is O=C([O-])C1(C(=O)[O-])CC1.[Na+].[Na+]. The molecule has 1 saturated carbocycles. The third kappa shape index (κ3) is 2.72. The van der Waals surface area contributed by atoms with Gasteiger partial charge in [0.2, 0.25) is 0 Å². The molecular weight excluding hydrogens is 170 g/mol. The minimum atomic E-state index is -1.64. The third-order valence-electron chi connectivity index (χ3n) is 1.53. The summed E-state index contributed by atoms with van der Waals surface area (Å²) in [4.78, 5) is 20.0. The molecular formula is C5H4Na2O4. The smallest absolute Gasteiger partial charge is 0.549 e. The van der Waals surface area contributed by atoms with E-state index in [0.29, 0.717) is 0 Å². The Hall–Kier alpha value is 0.940. The van der Waals surface area contributed by atoms with Crippen LogP contribution in [0.5, 0.6) is 0 Å². The van der Waals surface area contributed by atoms with E-state index in [1.165, 1.54) is 0 Å². The van der Waals surface area contributed by atoms with Crippen molar-refractivity contribution < 1.29 is 78.9 Å². The van der Waals surface area contributed by atoms with Gasteiger partial charge in [0.25, 0.3) is 0 Å². The second-order valence-corrected chi connectivity index (χ2v) is 2.16. The van der Waals surface area contributed by atoms with E-state index >= 15 is 0 Å². The Labute approximate surface area is 108 Å². The second-order valence-electron chi connectivity index (χ2n) is 2.16. The molecule has 6 heteroatoms. The molecule has 0 aromatic rings. The molecule has 1 fully saturated rings. The molecule has 0 heterocycles. The Balaban J connectivity index is 0. The fourth-order valence-electron chi connectivity index (χ4n) is 0.617. The standard InChI is InChI=1S/C5H6O4.2Na/c6-3(7)5(1-2-5)4(8)9;;/h1-2H2,(H,6,7)(H,8,9);;/q;2*+1/p-2. The molecule has 0 aromatic heterocycles. The van der Waals surface area contributed by atoms with E-state index in [-0.39, 0.29) is 72.0 Å². The van der Waals surface area contributed by atoms with Crippen molar-refractivity contribution in [3.8, 4) is 0 Å². The fourth-order valence-corrected chi connectivity index (χ4v) is 0.617. The predicted octanol–water partition coefficient (Wildman–Crippen LogP) is -8.73. The molecule has 0 aliphatic heterocycles. The van der Waals surface area contributed by atoms with Crippen LogP contribution >= 0.6 is 0 Å². The zero-order chi connectivity index (χ0) is 7.07. The van der Waals surface area contributed by atoms with Gasteiger partial charge < -0.3 is 19.8 Å². The summed E-state index contributed by atoms with van der Waals surface area (Å²) in [6.07, 6.45) is 0.301. The summed E-state index contributed by atoms with van der Waals surface area (Å²) in [5, 5.41) is 20.0. The van der Waals surface area contributed by atoms with Crippen LogP contribution < -0.4 is 69.3 Å². The number of hydrogen-bond acceptors (Lipinski definition) is 4. The first kappa shape index (κ1) is 14.5. The average Bonchev–Trinajstić information content (AvgIpc) is 2.40. The van der Waals surface area contributed by atoms with Crippen molar-refractivity contribution >= 4 is 11.9 Å². The van der Waals surface area contributed by atoms with Gasteiger partial charge in [0.1, 0.15) is 0 Å². The van der Waals surface area contributed by atoms with Crippen LogP contribution in [0.2, 0.25) is 0 Å². The average molecular weight is 174 g/mol. The molecule has 0 N–H and O–H groups in total. The third-order valence-corrected chi connectivity index (χ3v) is 1.53. The van der Waals surface area contributed by atoms with E-state index in [4.69, 9.17) is 0 Å². The van der Waals surface area contributed by atoms with E-state index in [2.05, 4.69) is 0 Å². The number of carboxylic acid groups (broad SMARTS) is 2. The van der Waals surface area contributed by atoms with Crippen molar-refractivity contribution in [2.24, 2.45) is 5.41 Å². The molecule has 0 amide bonds. The molecule has 0 radical (unpaired) electrons. The molecule has 1 aliphatic rings. The van der Waals surface area contributed by atoms with Gasteiger partial charge in [-0.2, -0.15) is 0 Å². The van der Waals surface area contributed by atoms with Gasteiger partial charge in [0.15, 0.2) is 0 Å². The molecule has 50 valence electrons. The summed E-state index contributed by atoms with van der Waals surface area (Å²) in [6.45, 7) is 0. The maximum absolute atomic E-state index is 9.99. The summed E-state index contributed by atoms with van der Waals surface area (Å²) in [7, 11) is 0. The van der Waals surface area contributed by atoms with Crippen LogP contribution in [0.3, 0.4) is 0 Å². The predicted molar refractivity (Wildman–Crippen MR) is 21.7 cm³/mol. The van der Waals surface area contributed by atoms with E-state index in [1.54, 1.807) is 0 Å². The van der Waals surface area contributed by atoms with E-state index in [1.807, 2.05) is 0 Å². The van der Waals surface area contributed by atoms with Crippen molar-refractivity contribution in [1.29, 1.82) is 0 Å². The van der Waals surface area contributed by atoms with Crippen LogP contribution in [0.4, 0.5) is 0 Å². The Morgan fingerprint density at radius 1 is 1.00 bits per heavy atom. The van der Waals surface area contributed by atoms with Crippen molar-refractivity contribution in [3.63, 3.8) is 0 Å². The topological polar surface area (TPSA) is 80.3 Å². The van der Waals surface area contributed by atoms with Crippen LogP contribution in [-0.4, -0.2) is 11.9 Å². The first-order chi connectivity index (χ1) is 4.09. The maximum Gasteiger partial charge on any atom is 1.00 e. The Morgan fingerprint density at radius 3 is 1.27 bits per heavy atom. The Bertz CT molecular complexity index is 159. The molecule has 0 unspecified atom stereocenters. The maximum atomic E-state index is 9.99. The van der Waals surface area contributed by atoms with Gasteiger partial charge in [-0.15, -0.1) is 0 Å². The number of rotatable bonds is 2. The van der Waals surface area contributed by atoms with Crippen LogP contribution in [0.1, 0.15) is 12.8 Å². The largest absolute Gasteiger partial charge is 1.00 e. The minimum Gasteiger partial charge on any atom is -0.549 e. The first-order valence-corrected chi connectivity index (χ1v) is 2.52. The summed E-state index contributed by atoms with van der Waals surface area (Å²) >= 11 is 0. The summed E-state index contributed by atoms with van der Waals surface area (Å²) in [5.74, 6) is -3.05. The van der Waals surface area contributed by atoms with E-state index < -0.39 is 17.4 Å². The number of carbonyl (C=O) groups is 2. The Morgan fingerprint density at radius 2 is 1.27 bits per heavy atom. The van der Waals surface area contributed by atoms with Gasteiger partial charge in [-0.1, -0.05) is 0 Å². The first-order valence-electron chi connectivity index (χ1n) is 2.52. The quantitative estimate of drug-likeness (QED) is 0.307. The summed E-state index contributed by atoms with van der Waals surface area (Å²) in [6, 6.07) is 0. The number of carboxylic acids is 2. The molecule has 0 spiro atoms. The van der Waals surface area contributed by atoms with E-state index in [0.717, 1.165) is 0 Å². The normalized spacial score (nSPS) is 17.1. The Kier molecular flexibility index (Phi) is 6.37. The van der Waals surface area contributed by atoms with Crippen LogP contribution in [0.15, 0.2) is 0 Å². The van der Waals surface area contributed by atoms with E-state index in [9.17, 15) is 19.8 Å². The monoisotopic (exact) mass is 174 g/mol. The minimum absolute atomic E-state index is 0. The zero-order valence-electron chi connectivity index (χ0n) is 6.55. The van der Waals surface area contributed by atoms with Gasteiger partial charge in [0, 0.05) is 5.41 Å².